The number of amides is 1. The summed E-state index contributed by atoms with van der Waals surface area (Å²) < 4.78 is 42.4. The Morgan fingerprint density at radius 2 is 1.95 bits per heavy atom. The number of halogens is 3. The molecule has 20 heavy (non-hydrogen) atoms. The quantitative estimate of drug-likeness (QED) is 0.785. The van der Waals surface area contributed by atoms with Gasteiger partial charge in [-0.3, -0.25) is 4.90 Å². The Kier molecular flexibility index (Phi) is 5.29. The maximum atomic E-state index is 12.4. The minimum Gasteiger partial charge on any atom is -0.444 e. The Morgan fingerprint density at radius 3 is 2.45 bits per heavy atom. The van der Waals surface area contributed by atoms with Crippen molar-refractivity contribution < 1.29 is 22.7 Å². The number of nitrogens with zero attached hydrogens (tertiary/aromatic N) is 2. The first-order valence-corrected chi connectivity index (χ1v) is 6.73. The largest absolute Gasteiger partial charge is 0.444 e. The maximum Gasteiger partial charge on any atom is 0.410 e. The molecule has 1 aliphatic heterocycles. The molecular formula is C13H23F3N2O2. The van der Waals surface area contributed by atoms with Gasteiger partial charge in [0.25, 0.3) is 0 Å². The molecule has 0 aromatic carbocycles. The molecule has 4 nitrogen and oxygen atoms in total. The summed E-state index contributed by atoms with van der Waals surface area (Å²) in [7, 11) is 1.44. The van der Waals surface area contributed by atoms with Crippen LogP contribution in [0.5, 0.6) is 0 Å². The van der Waals surface area contributed by atoms with E-state index in [9.17, 15) is 18.0 Å². The lowest BCUT2D eigenvalue weighted by Crippen LogP contribution is -2.51. The first kappa shape index (κ1) is 17.1. The van der Waals surface area contributed by atoms with Crippen LogP contribution in [0.1, 0.15) is 33.6 Å². The average Bonchev–Trinajstić information content (AvgIpc) is 2.24. The van der Waals surface area contributed by atoms with E-state index >= 15 is 0 Å². The molecule has 0 aliphatic carbocycles. The van der Waals surface area contributed by atoms with Gasteiger partial charge in [-0.2, -0.15) is 13.2 Å². The van der Waals surface area contributed by atoms with Crippen LogP contribution in [0, 0.1) is 0 Å². The summed E-state index contributed by atoms with van der Waals surface area (Å²) in [5.41, 5.74) is -0.595. The maximum absolute atomic E-state index is 12.4. The van der Waals surface area contributed by atoms with Crippen LogP contribution in [-0.2, 0) is 4.74 Å². The molecule has 0 spiro atoms. The zero-order chi connectivity index (χ0) is 15.6. The molecule has 1 saturated heterocycles. The molecule has 0 saturated carbocycles. The molecule has 1 amide bonds. The molecule has 1 unspecified atom stereocenters. The first-order valence-electron chi connectivity index (χ1n) is 6.73. The van der Waals surface area contributed by atoms with E-state index in [4.69, 9.17) is 4.74 Å². The normalized spacial score (nSPS) is 21.2. The molecule has 118 valence electrons. The third-order valence-corrected chi connectivity index (χ3v) is 3.10. The van der Waals surface area contributed by atoms with E-state index in [0.717, 1.165) is 0 Å². The highest BCUT2D eigenvalue weighted by molar-refractivity contribution is 5.68. The molecule has 1 aliphatic rings. The molecule has 0 bridgehead atoms. The van der Waals surface area contributed by atoms with Gasteiger partial charge in [-0.25, -0.2) is 4.79 Å². The van der Waals surface area contributed by atoms with Crippen molar-refractivity contribution in [2.45, 2.75) is 51.4 Å². The molecule has 1 fully saturated rings. The van der Waals surface area contributed by atoms with Crippen LogP contribution in [-0.4, -0.2) is 60.4 Å². The Bertz CT molecular complexity index is 339. The summed E-state index contributed by atoms with van der Waals surface area (Å²) in [5.74, 6) is 0. The third kappa shape index (κ3) is 5.98. The smallest absolute Gasteiger partial charge is 0.410 e. The van der Waals surface area contributed by atoms with Gasteiger partial charge in [0.05, 0.1) is 6.54 Å². The monoisotopic (exact) mass is 296 g/mol. The fraction of sp³-hybridized carbons (Fsp3) is 0.923. The lowest BCUT2D eigenvalue weighted by Gasteiger charge is -2.38. The molecule has 1 atom stereocenters. The second-order valence-electron chi connectivity index (χ2n) is 6.25. The van der Waals surface area contributed by atoms with E-state index in [1.54, 1.807) is 20.8 Å². The zero-order valence-corrected chi connectivity index (χ0v) is 12.5. The van der Waals surface area contributed by atoms with Gasteiger partial charge in [0, 0.05) is 19.1 Å². The zero-order valence-electron chi connectivity index (χ0n) is 12.5. The number of ether oxygens (including phenoxy) is 1. The van der Waals surface area contributed by atoms with Crippen LogP contribution >= 0.6 is 0 Å². The van der Waals surface area contributed by atoms with Crippen molar-refractivity contribution >= 4 is 6.09 Å². The lowest BCUT2D eigenvalue weighted by atomic mass is 10.0. The summed E-state index contributed by atoms with van der Waals surface area (Å²) in [6.07, 6.45) is -3.33. The highest BCUT2D eigenvalue weighted by atomic mass is 19.4. The average molecular weight is 296 g/mol. The summed E-state index contributed by atoms with van der Waals surface area (Å²) >= 11 is 0. The lowest BCUT2D eigenvalue weighted by molar-refractivity contribution is -0.149. The summed E-state index contributed by atoms with van der Waals surface area (Å²) in [4.78, 5) is 14.7. The van der Waals surface area contributed by atoms with Gasteiger partial charge < -0.3 is 9.64 Å². The van der Waals surface area contributed by atoms with E-state index in [0.29, 0.717) is 19.4 Å². The minimum absolute atomic E-state index is 0.279. The Balaban J connectivity index is 2.56. The second-order valence-corrected chi connectivity index (χ2v) is 6.25. The van der Waals surface area contributed by atoms with E-state index in [-0.39, 0.29) is 12.6 Å². The number of piperidine rings is 1. The number of alkyl halides is 3. The van der Waals surface area contributed by atoms with Gasteiger partial charge in [0.1, 0.15) is 5.60 Å². The van der Waals surface area contributed by atoms with E-state index < -0.39 is 24.4 Å². The molecule has 0 radical (unpaired) electrons. The second kappa shape index (κ2) is 6.20. The van der Waals surface area contributed by atoms with Crippen LogP contribution < -0.4 is 0 Å². The van der Waals surface area contributed by atoms with Gasteiger partial charge in [0.15, 0.2) is 0 Å². The van der Waals surface area contributed by atoms with E-state index in [1.807, 2.05) is 0 Å². The number of carbonyl (C=O) groups excluding carboxylic acids is 1. The van der Waals surface area contributed by atoms with Gasteiger partial charge in [-0.1, -0.05) is 0 Å². The molecule has 0 aromatic rings. The van der Waals surface area contributed by atoms with Crippen molar-refractivity contribution in [3.8, 4) is 0 Å². The van der Waals surface area contributed by atoms with Crippen molar-refractivity contribution in [3.63, 3.8) is 0 Å². The fourth-order valence-corrected chi connectivity index (χ4v) is 2.22. The molecule has 7 heteroatoms. The summed E-state index contributed by atoms with van der Waals surface area (Å²) in [5, 5.41) is 0. The van der Waals surface area contributed by atoms with Crippen molar-refractivity contribution in [2.75, 3.05) is 26.7 Å². The molecule has 1 heterocycles. The topological polar surface area (TPSA) is 32.8 Å². The highest BCUT2D eigenvalue weighted by Gasteiger charge is 2.35. The number of hydrogen-bond donors (Lipinski definition) is 0. The van der Waals surface area contributed by atoms with Crippen LogP contribution in [0.3, 0.4) is 0 Å². The summed E-state index contributed by atoms with van der Waals surface area (Å²) in [6.45, 7) is 5.15. The SMILES string of the molecule is CN(CC(F)(F)F)C1CCCN(C(=O)OC(C)(C)C)C1. The predicted octanol–water partition coefficient (Wildman–Crippen LogP) is 2.88. The summed E-state index contributed by atoms with van der Waals surface area (Å²) in [6, 6.07) is -0.280. The van der Waals surface area contributed by atoms with Crippen molar-refractivity contribution in [1.82, 2.24) is 9.80 Å². The van der Waals surface area contributed by atoms with E-state index in [2.05, 4.69) is 0 Å². The number of hydrogen-bond acceptors (Lipinski definition) is 3. The van der Waals surface area contributed by atoms with Crippen LogP contribution in [0.25, 0.3) is 0 Å². The van der Waals surface area contributed by atoms with Crippen LogP contribution in [0.4, 0.5) is 18.0 Å². The molecule has 1 rings (SSSR count). The van der Waals surface area contributed by atoms with Gasteiger partial charge in [0.2, 0.25) is 0 Å². The van der Waals surface area contributed by atoms with Crippen molar-refractivity contribution in [2.24, 2.45) is 0 Å². The number of likely N-dealkylation sites (tertiary alicyclic amines) is 1. The number of rotatable bonds is 2. The van der Waals surface area contributed by atoms with Gasteiger partial charge in [-0.05, 0) is 40.7 Å². The molecular weight excluding hydrogens is 273 g/mol. The van der Waals surface area contributed by atoms with Crippen molar-refractivity contribution in [1.29, 1.82) is 0 Å². The van der Waals surface area contributed by atoms with Crippen molar-refractivity contribution in [3.05, 3.63) is 0 Å². The number of likely N-dealkylation sites (N-methyl/N-ethyl adjacent to an activating group) is 1. The van der Waals surface area contributed by atoms with Crippen LogP contribution in [0.15, 0.2) is 0 Å². The van der Waals surface area contributed by atoms with Crippen LogP contribution in [0.2, 0.25) is 0 Å². The Morgan fingerprint density at radius 1 is 1.35 bits per heavy atom. The Hall–Kier alpha value is -0.980. The van der Waals surface area contributed by atoms with Gasteiger partial charge >= 0.3 is 12.3 Å². The Labute approximate surface area is 117 Å². The molecule has 0 aromatic heterocycles. The van der Waals surface area contributed by atoms with Gasteiger partial charge in [-0.15, -0.1) is 0 Å². The molecule has 0 N–H and O–H groups in total. The number of carbonyl (C=O) groups is 1. The minimum atomic E-state index is -4.22. The fourth-order valence-electron chi connectivity index (χ4n) is 2.22. The standard InChI is InChI=1S/C13H23F3N2O2/c1-12(2,3)20-11(19)18-7-5-6-10(8-18)17(4)9-13(14,15)16/h10H,5-9H2,1-4H3. The first-order chi connectivity index (χ1) is 8.98. The highest BCUT2D eigenvalue weighted by Crippen LogP contribution is 2.22. The van der Waals surface area contributed by atoms with E-state index in [1.165, 1.54) is 16.8 Å². The predicted molar refractivity (Wildman–Crippen MR) is 69.5 cm³/mol. The third-order valence-electron chi connectivity index (χ3n) is 3.10.